The Morgan fingerprint density at radius 3 is 1.47 bits per heavy atom. The van der Waals surface area contributed by atoms with Crippen LogP contribution in [0, 0.1) is 17.8 Å². The normalized spacial score (nSPS) is 18.7. The standard InChI is InChI=1S/C28H38B6F2O8S/c29-8-14-3-17(10-31)23(18(4-14)11-32)43-26(38)16-1-2-21(25(37)28(35,36)45(40,41)42)22(7-16)27(39)44-24-19(12-33)5-15(9-30)6-20(24)13-34/h3-6,16,21-22H,1-2,7-13,29-34H2,(H,40,41,42). The summed E-state index contributed by atoms with van der Waals surface area (Å²) in [6, 6.07) is 7.71. The van der Waals surface area contributed by atoms with Crippen molar-refractivity contribution in [1.29, 1.82) is 0 Å². The van der Waals surface area contributed by atoms with Gasteiger partial charge in [-0.05, 0) is 41.5 Å². The van der Waals surface area contributed by atoms with Gasteiger partial charge in [-0.15, -0.1) is 0 Å². The zero-order valence-corrected chi connectivity index (χ0v) is 27.7. The SMILES string of the molecule is BCc1cc(CB)c(OC(=O)C2CCC(C(=O)C(F)(F)S(=O)(=O)O)C(C(=O)Oc3c(CB)cc(CB)cc3CB)C2)c(CB)c1. The van der Waals surface area contributed by atoms with Gasteiger partial charge in [0, 0.05) is 5.92 Å². The number of ether oxygens (including phenoxy) is 2. The lowest BCUT2D eigenvalue weighted by Crippen LogP contribution is -2.48. The molecule has 0 aliphatic heterocycles. The summed E-state index contributed by atoms with van der Waals surface area (Å²) in [5, 5.41) is -5.14. The van der Waals surface area contributed by atoms with Crippen LogP contribution in [0.25, 0.3) is 0 Å². The van der Waals surface area contributed by atoms with Gasteiger partial charge in [-0.3, -0.25) is 18.9 Å². The van der Waals surface area contributed by atoms with Gasteiger partial charge in [0.25, 0.3) is 0 Å². The largest absolute Gasteiger partial charge is 0.427 e. The highest BCUT2D eigenvalue weighted by Gasteiger charge is 2.58. The van der Waals surface area contributed by atoms with Gasteiger partial charge in [-0.25, -0.2) is 0 Å². The van der Waals surface area contributed by atoms with Crippen LogP contribution in [0.1, 0.15) is 52.6 Å². The fraction of sp³-hybridized carbons (Fsp3) is 0.464. The zero-order valence-electron chi connectivity index (χ0n) is 26.9. The Morgan fingerprint density at radius 2 is 1.11 bits per heavy atom. The Bertz CT molecular complexity index is 1510. The number of esters is 2. The second kappa shape index (κ2) is 15.2. The number of alkyl halides is 2. The summed E-state index contributed by atoms with van der Waals surface area (Å²) in [5.74, 6) is -7.48. The van der Waals surface area contributed by atoms with Crippen LogP contribution in [-0.4, -0.2) is 83.0 Å². The molecule has 3 rings (SSSR count). The molecule has 17 heteroatoms. The van der Waals surface area contributed by atoms with Crippen LogP contribution in [0.15, 0.2) is 24.3 Å². The lowest BCUT2D eigenvalue weighted by molar-refractivity contribution is -0.155. The molecular weight excluding hydrogens is 599 g/mol. The minimum atomic E-state index is -6.11. The molecule has 1 saturated carbocycles. The number of hydrogen-bond donors (Lipinski definition) is 1. The average Bonchev–Trinajstić information content (AvgIpc) is 3.03. The Morgan fingerprint density at radius 1 is 0.711 bits per heavy atom. The first-order valence-corrected chi connectivity index (χ1v) is 17.2. The first kappa shape index (κ1) is 36.7. The van der Waals surface area contributed by atoms with Crippen LogP contribution in [0.3, 0.4) is 0 Å². The molecule has 0 heterocycles. The molecule has 1 aliphatic rings. The molecule has 3 unspecified atom stereocenters. The van der Waals surface area contributed by atoms with Crippen LogP contribution >= 0.6 is 0 Å². The van der Waals surface area contributed by atoms with Gasteiger partial charge in [-0.2, -0.15) is 17.2 Å². The molecule has 1 fully saturated rings. The van der Waals surface area contributed by atoms with Gasteiger partial charge in [-0.1, -0.05) is 73.3 Å². The van der Waals surface area contributed by atoms with E-state index in [2.05, 4.69) is 0 Å². The third-order valence-corrected chi connectivity index (χ3v) is 9.63. The van der Waals surface area contributed by atoms with Crippen LogP contribution in [-0.2, 0) is 62.4 Å². The van der Waals surface area contributed by atoms with Gasteiger partial charge < -0.3 is 9.47 Å². The summed E-state index contributed by atoms with van der Waals surface area (Å²) >= 11 is 0. The molecule has 0 amide bonds. The summed E-state index contributed by atoms with van der Waals surface area (Å²) in [7, 11) is 5.52. The summed E-state index contributed by atoms with van der Waals surface area (Å²) in [6.45, 7) is 0. The number of carbonyl (C=O) groups excluding carboxylic acids is 3. The molecule has 0 bridgehead atoms. The van der Waals surface area contributed by atoms with E-state index >= 15 is 0 Å². The number of ketones is 1. The van der Waals surface area contributed by atoms with E-state index in [4.69, 9.17) is 14.0 Å². The van der Waals surface area contributed by atoms with Crippen LogP contribution in [0.4, 0.5) is 8.78 Å². The molecule has 2 aromatic rings. The topological polar surface area (TPSA) is 124 Å². The lowest BCUT2D eigenvalue weighted by atomic mass is 9.72. The Labute approximate surface area is 269 Å². The maximum atomic E-state index is 14.6. The van der Waals surface area contributed by atoms with E-state index in [1.165, 1.54) is 0 Å². The third-order valence-electron chi connectivity index (χ3n) is 8.78. The van der Waals surface area contributed by atoms with E-state index in [9.17, 15) is 31.6 Å². The van der Waals surface area contributed by atoms with Crippen molar-refractivity contribution >= 4 is 74.9 Å². The molecule has 0 saturated heterocycles. The molecule has 1 N–H and O–H groups in total. The fourth-order valence-corrected chi connectivity index (χ4v) is 6.44. The van der Waals surface area contributed by atoms with Gasteiger partial charge in [0.2, 0.25) is 5.78 Å². The van der Waals surface area contributed by atoms with Crippen molar-refractivity contribution in [2.75, 3.05) is 0 Å². The second-order valence-electron chi connectivity index (χ2n) is 11.5. The Balaban J connectivity index is 2.01. The number of rotatable bonds is 13. The van der Waals surface area contributed by atoms with E-state index in [0.717, 1.165) is 34.9 Å². The molecule has 3 atom stereocenters. The lowest BCUT2D eigenvalue weighted by Gasteiger charge is -2.34. The number of Topliss-reactive ketones (excluding diaryl/α,β-unsaturated/α-hetero) is 1. The van der Waals surface area contributed by atoms with E-state index in [0.29, 0.717) is 42.2 Å². The monoisotopic (exact) mass is 638 g/mol. The average molecular weight is 638 g/mol. The number of hydrogen-bond acceptors (Lipinski definition) is 7. The summed E-state index contributed by atoms with van der Waals surface area (Å²) in [4.78, 5) is 40.3. The van der Waals surface area contributed by atoms with Crippen LogP contribution < -0.4 is 9.47 Å². The van der Waals surface area contributed by atoms with Crippen molar-refractivity contribution in [2.45, 2.75) is 62.4 Å². The van der Waals surface area contributed by atoms with Crippen molar-refractivity contribution in [1.82, 2.24) is 0 Å². The minimum absolute atomic E-state index is 0.109. The molecule has 0 radical (unpaired) electrons. The van der Waals surface area contributed by atoms with Crippen molar-refractivity contribution in [3.8, 4) is 11.5 Å². The molecule has 2 aromatic carbocycles. The highest BCUT2D eigenvalue weighted by atomic mass is 32.2. The number of carbonyl (C=O) groups is 3. The number of benzene rings is 2. The summed E-state index contributed by atoms with van der Waals surface area (Å²) < 4.78 is 73.1. The maximum absolute atomic E-state index is 14.6. The molecular formula is C28H38B6F2O8S. The second-order valence-corrected chi connectivity index (χ2v) is 13.0. The van der Waals surface area contributed by atoms with E-state index in [1.54, 1.807) is 0 Å². The smallest absolute Gasteiger partial charge is 0.426 e. The van der Waals surface area contributed by atoms with Crippen molar-refractivity contribution in [2.24, 2.45) is 17.8 Å². The molecule has 0 aromatic heterocycles. The van der Waals surface area contributed by atoms with Crippen molar-refractivity contribution in [3.63, 3.8) is 0 Å². The molecule has 236 valence electrons. The molecule has 0 spiro atoms. The maximum Gasteiger partial charge on any atom is 0.427 e. The zero-order chi connectivity index (χ0) is 33.7. The minimum Gasteiger partial charge on any atom is -0.426 e. The van der Waals surface area contributed by atoms with Gasteiger partial charge in [0.15, 0.2) is 0 Å². The molecule has 8 nitrogen and oxygen atoms in total. The quantitative estimate of drug-likeness (QED) is 0.117. The molecule has 45 heavy (non-hydrogen) atoms. The van der Waals surface area contributed by atoms with Crippen LogP contribution in [0.5, 0.6) is 11.5 Å². The summed E-state index contributed by atoms with van der Waals surface area (Å²) in [5.41, 5.74) is 5.22. The highest BCUT2D eigenvalue weighted by molar-refractivity contribution is 7.87. The first-order valence-electron chi connectivity index (χ1n) is 15.8. The predicted molar refractivity (Wildman–Crippen MR) is 183 cm³/mol. The Kier molecular flexibility index (Phi) is 12.4. The summed E-state index contributed by atoms with van der Waals surface area (Å²) in [6.07, 6.45) is 2.85. The van der Waals surface area contributed by atoms with Gasteiger partial charge in [0.05, 0.1) is 11.8 Å². The Hall–Kier alpha value is -2.79. The van der Waals surface area contributed by atoms with Gasteiger partial charge in [0.1, 0.15) is 58.6 Å². The first-order chi connectivity index (χ1) is 21.2. The highest BCUT2D eigenvalue weighted by Crippen LogP contribution is 2.41. The van der Waals surface area contributed by atoms with E-state index in [-0.39, 0.29) is 18.6 Å². The fourth-order valence-electron chi connectivity index (χ4n) is 6.04. The van der Waals surface area contributed by atoms with Gasteiger partial charge >= 0.3 is 27.3 Å². The number of halogens is 2. The van der Waals surface area contributed by atoms with E-state index < -0.39 is 57.3 Å². The third kappa shape index (κ3) is 7.96. The van der Waals surface area contributed by atoms with Crippen LogP contribution in [0.2, 0.25) is 0 Å². The van der Waals surface area contributed by atoms with Crippen molar-refractivity contribution < 1.29 is 45.6 Å². The molecule has 1 aliphatic carbocycles. The van der Waals surface area contributed by atoms with E-state index in [1.807, 2.05) is 71.3 Å². The van der Waals surface area contributed by atoms with Crippen molar-refractivity contribution in [3.05, 3.63) is 57.6 Å². The predicted octanol–water partition coefficient (Wildman–Crippen LogP) is -1.92.